The Bertz CT molecular complexity index is 282. The molecule has 3 atom stereocenters. The van der Waals surface area contributed by atoms with Gasteiger partial charge in [0, 0.05) is 62.2 Å². The first-order valence-electron chi connectivity index (χ1n) is 4.86. The predicted octanol–water partition coefficient (Wildman–Crippen LogP) is 2.56. The van der Waals surface area contributed by atoms with Crippen molar-refractivity contribution in [3.05, 3.63) is 20.2 Å². The Hall–Kier alpha value is -0.280. The average Bonchev–Trinajstić information content (AvgIpc) is 2.17. The van der Waals surface area contributed by atoms with Crippen molar-refractivity contribution < 1.29 is 14.6 Å². The van der Waals surface area contributed by atoms with E-state index in [0.29, 0.717) is 6.42 Å². The monoisotopic (exact) mass is 376 g/mol. The van der Waals surface area contributed by atoms with Gasteiger partial charge in [-0.15, -0.1) is 0 Å². The lowest BCUT2D eigenvalue weighted by Crippen LogP contribution is -2.56. The molecular formula is C8H14Br2N2O5. The lowest BCUT2D eigenvalue weighted by atomic mass is 10.1. The summed E-state index contributed by atoms with van der Waals surface area (Å²) in [4.78, 5) is 20.6. The van der Waals surface area contributed by atoms with E-state index in [4.69, 9.17) is 4.74 Å². The molecule has 17 heavy (non-hydrogen) atoms. The van der Waals surface area contributed by atoms with Crippen LogP contribution in [-0.4, -0.2) is 31.5 Å². The van der Waals surface area contributed by atoms with Crippen LogP contribution in [-0.2, 0) is 4.74 Å². The van der Waals surface area contributed by atoms with Crippen LogP contribution < -0.4 is 0 Å². The van der Waals surface area contributed by atoms with Gasteiger partial charge >= 0.3 is 8.90 Å². The van der Waals surface area contributed by atoms with E-state index >= 15 is 0 Å². The van der Waals surface area contributed by atoms with Gasteiger partial charge in [-0.1, -0.05) is 6.92 Å². The highest BCUT2D eigenvalue weighted by Crippen LogP contribution is 2.37. The van der Waals surface area contributed by atoms with Gasteiger partial charge in [-0.2, -0.15) is 0 Å². The van der Waals surface area contributed by atoms with E-state index in [1.807, 2.05) is 6.92 Å². The fraction of sp³-hybridized carbons (Fsp3) is 1.00. The van der Waals surface area contributed by atoms with E-state index in [9.17, 15) is 20.2 Å². The van der Waals surface area contributed by atoms with Crippen molar-refractivity contribution in [3.63, 3.8) is 0 Å². The van der Waals surface area contributed by atoms with Crippen molar-refractivity contribution in [2.75, 3.05) is 6.61 Å². The number of alkyl halides is 2. The normalized spacial score (nSPS) is 20.1. The van der Waals surface area contributed by atoms with Crippen molar-refractivity contribution in [2.45, 2.75) is 42.2 Å². The van der Waals surface area contributed by atoms with E-state index in [0.717, 1.165) is 0 Å². The van der Waals surface area contributed by atoms with Gasteiger partial charge in [0.25, 0.3) is 0 Å². The predicted molar refractivity (Wildman–Crippen MR) is 68.7 cm³/mol. The number of hydrogen-bond acceptors (Lipinski definition) is 5. The maximum Gasteiger partial charge on any atom is 0.305 e. The van der Waals surface area contributed by atoms with Crippen molar-refractivity contribution in [2.24, 2.45) is 0 Å². The quantitative estimate of drug-likeness (QED) is 0.294. The SMILES string of the molecule is CCCOC([C@](C)(Br)[N+](=O)[O-])[C@@](C)(Br)[N+](=O)[O-]. The van der Waals surface area contributed by atoms with E-state index in [-0.39, 0.29) is 6.61 Å². The van der Waals surface area contributed by atoms with E-state index in [1.54, 1.807) is 0 Å². The number of hydrogen-bond donors (Lipinski definition) is 0. The standard InChI is InChI=1S/C8H14Br2N2O5/c1-4-5-17-6(7(2,9)11(13)14)8(3,10)12(15)16/h6H,4-5H2,1-3H3/t6?,7-,8+. The van der Waals surface area contributed by atoms with Crippen molar-refractivity contribution in [1.29, 1.82) is 0 Å². The topological polar surface area (TPSA) is 95.5 Å². The minimum Gasteiger partial charge on any atom is -0.362 e. The first-order valence-corrected chi connectivity index (χ1v) is 6.45. The third-order valence-electron chi connectivity index (χ3n) is 2.16. The molecule has 0 radical (unpaired) electrons. The second kappa shape index (κ2) is 6.05. The first kappa shape index (κ1) is 16.7. The van der Waals surface area contributed by atoms with Crippen LogP contribution in [0.2, 0.25) is 0 Å². The molecule has 0 spiro atoms. The number of ether oxygens (including phenoxy) is 1. The van der Waals surface area contributed by atoms with Crippen LogP contribution in [0.1, 0.15) is 27.2 Å². The fourth-order valence-corrected chi connectivity index (χ4v) is 2.68. The molecule has 0 aliphatic rings. The molecule has 0 aromatic carbocycles. The highest BCUT2D eigenvalue weighted by atomic mass is 79.9. The van der Waals surface area contributed by atoms with E-state index in [2.05, 4.69) is 31.9 Å². The van der Waals surface area contributed by atoms with Crippen LogP contribution in [0.15, 0.2) is 0 Å². The molecule has 0 aromatic heterocycles. The largest absolute Gasteiger partial charge is 0.362 e. The van der Waals surface area contributed by atoms with Crippen molar-refractivity contribution in [1.82, 2.24) is 0 Å². The average molecular weight is 378 g/mol. The van der Waals surface area contributed by atoms with Gasteiger partial charge in [0.1, 0.15) is 0 Å². The summed E-state index contributed by atoms with van der Waals surface area (Å²) in [5.41, 5.74) is 0. The van der Waals surface area contributed by atoms with Gasteiger partial charge in [-0.05, 0) is 6.42 Å². The van der Waals surface area contributed by atoms with Crippen LogP contribution >= 0.6 is 31.9 Å². The van der Waals surface area contributed by atoms with Gasteiger partial charge in [0.2, 0.25) is 6.10 Å². The highest BCUT2D eigenvalue weighted by Gasteiger charge is 2.60. The Labute approximate surface area is 115 Å². The molecule has 0 saturated heterocycles. The van der Waals surface area contributed by atoms with Crippen LogP contribution in [0.3, 0.4) is 0 Å². The smallest absolute Gasteiger partial charge is 0.305 e. The Kier molecular flexibility index (Phi) is 5.95. The summed E-state index contributed by atoms with van der Waals surface area (Å²) in [5.74, 6) is 0. The summed E-state index contributed by atoms with van der Waals surface area (Å²) >= 11 is 5.78. The Balaban J connectivity index is 5.27. The fourth-order valence-electron chi connectivity index (χ4n) is 1.21. The summed E-state index contributed by atoms with van der Waals surface area (Å²) in [7, 11) is 0. The molecule has 0 rings (SSSR count). The zero-order valence-electron chi connectivity index (χ0n) is 9.68. The Morgan fingerprint density at radius 2 is 1.53 bits per heavy atom. The molecular weight excluding hydrogens is 364 g/mol. The molecule has 0 aromatic rings. The maximum absolute atomic E-state index is 10.9. The third kappa shape index (κ3) is 3.85. The molecule has 7 nitrogen and oxygen atoms in total. The Morgan fingerprint density at radius 1 is 1.18 bits per heavy atom. The van der Waals surface area contributed by atoms with E-state index in [1.165, 1.54) is 13.8 Å². The van der Waals surface area contributed by atoms with Gasteiger partial charge in [0.05, 0.1) is 0 Å². The second-order valence-corrected chi connectivity index (χ2v) is 7.02. The van der Waals surface area contributed by atoms with Crippen molar-refractivity contribution >= 4 is 31.9 Å². The van der Waals surface area contributed by atoms with Gasteiger partial charge in [0.15, 0.2) is 0 Å². The minimum atomic E-state index is -1.74. The van der Waals surface area contributed by atoms with Crippen molar-refractivity contribution in [3.8, 4) is 0 Å². The molecule has 0 bridgehead atoms. The van der Waals surface area contributed by atoms with Gasteiger partial charge in [-0.25, -0.2) is 0 Å². The van der Waals surface area contributed by atoms with Gasteiger partial charge < -0.3 is 4.74 Å². The number of halogens is 2. The molecule has 0 fully saturated rings. The molecule has 0 aliphatic heterocycles. The highest BCUT2D eigenvalue weighted by molar-refractivity contribution is 9.10. The maximum atomic E-state index is 10.9. The van der Waals surface area contributed by atoms with Gasteiger partial charge in [-0.3, -0.25) is 20.2 Å². The third-order valence-corrected chi connectivity index (χ3v) is 3.57. The van der Waals surface area contributed by atoms with E-state index < -0.39 is 24.8 Å². The Morgan fingerprint density at radius 3 is 1.76 bits per heavy atom. The molecule has 0 aliphatic carbocycles. The van der Waals surface area contributed by atoms with Crippen LogP contribution in [0.5, 0.6) is 0 Å². The molecule has 0 saturated carbocycles. The number of rotatable bonds is 7. The van der Waals surface area contributed by atoms with Crippen LogP contribution in [0.4, 0.5) is 0 Å². The summed E-state index contributed by atoms with van der Waals surface area (Å²) < 4.78 is 1.78. The van der Waals surface area contributed by atoms with Crippen LogP contribution in [0, 0.1) is 20.2 Å². The first-order chi connectivity index (χ1) is 7.58. The molecule has 0 heterocycles. The molecule has 0 amide bonds. The molecule has 9 heteroatoms. The minimum absolute atomic E-state index is 0.203. The summed E-state index contributed by atoms with van der Waals surface area (Å²) in [6, 6.07) is 0. The zero-order chi connectivity index (χ0) is 13.9. The molecule has 100 valence electrons. The summed E-state index contributed by atoms with van der Waals surface area (Å²) in [6.45, 7) is 4.48. The number of nitro groups is 2. The lowest BCUT2D eigenvalue weighted by molar-refractivity contribution is -0.590. The zero-order valence-corrected chi connectivity index (χ0v) is 12.9. The number of nitrogens with zero attached hydrogens (tertiary/aromatic N) is 2. The lowest BCUT2D eigenvalue weighted by Gasteiger charge is -2.30. The van der Waals surface area contributed by atoms with Crippen LogP contribution in [0.25, 0.3) is 0 Å². The second-order valence-electron chi connectivity index (χ2n) is 3.81. The molecule has 0 N–H and O–H groups in total. The summed E-state index contributed by atoms with van der Waals surface area (Å²) in [6.07, 6.45) is -0.641. The summed E-state index contributed by atoms with van der Waals surface area (Å²) in [5, 5.41) is 21.9. The molecule has 1 unspecified atom stereocenters.